The summed E-state index contributed by atoms with van der Waals surface area (Å²) < 4.78 is 1.64. The van der Waals surface area contributed by atoms with Crippen LogP contribution in [0.3, 0.4) is 0 Å². The van der Waals surface area contributed by atoms with Crippen molar-refractivity contribution in [2.24, 2.45) is 7.05 Å². The molecule has 1 saturated heterocycles. The minimum absolute atomic E-state index is 0.121. The Kier molecular flexibility index (Phi) is 4.79. The Hall–Kier alpha value is -2.38. The van der Waals surface area contributed by atoms with Gasteiger partial charge in [0.1, 0.15) is 11.9 Å². The number of anilines is 1. The Morgan fingerprint density at radius 1 is 1.45 bits per heavy atom. The van der Waals surface area contributed by atoms with Crippen molar-refractivity contribution < 1.29 is 19.5 Å². The van der Waals surface area contributed by atoms with Crippen molar-refractivity contribution >= 4 is 23.6 Å². The largest absolute Gasteiger partial charge is 0.481 e. The lowest BCUT2D eigenvalue weighted by molar-refractivity contribution is -0.139. The fourth-order valence-electron chi connectivity index (χ4n) is 2.57. The maximum absolute atomic E-state index is 12.5. The summed E-state index contributed by atoms with van der Waals surface area (Å²) in [7, 11) is 1.77. The van der Waals surface area contributed by atoms with Crippen LogP contribution in [0.4, 0.5) is 5.82 Å². The van der Waals surface area contributed by atoms with Crippen molar-refractivity contribution in [2.75, 3.05) is 11.4 Å². The van der Waals surface area contributed by atoms with Gasteiger partial charge in [-0.1, -0.05) is 0 Å². The molecule has 1 fully saturated rings. The van der Waals surface area contributed by atoms with Crippen LogP contribution in [-0.2, 0) is 21.4 Å². The summed E-state index contributed by atoms with van der Waals surface area (Å²) in [6, 6.07) is 1.22. The number of hydrogen-bond donors (Lipinski definition) is 2. The number of aryl methyl sites for hydroxylation is 2. The Labute approximate surface area is 128 Å². The molecule has 0 aliphatic carbocycles. The zero-order chi connectivity index (χ0) is 16.3. The first-order valence-corrected chi connectivity index (χ1v) is 7.21. The van der Waals surface area contributed by atoms with Crippen molar-refractivity contribution in [3.63, 3.8) is 0 Å². The second-order valence-corrected chi connectivity index (χ2v) is 5.41. The lowest BCUT2D eigenvalue weighted by Crippen LogP contribution is -2.52. The molecule has 0 radical (unpaired) electrons. The molecule has 1 atom stereocenters. The van der Waals surface area contributed by atoms with Gasteiger partial charge in [0.15, 0.2) is 0 Å². The highest BCUT2D eigenvalue weighted by molar-refractivity contribution is 5.99. The second kappa shape index (κ2) is 6.59. The average molecular weight is 308 g/mol. The minimum Gasteiger partial charge on any atom is -0.481 e. The van der Waals surface area contributed by atoms with E-state index < -0.39 is 17.9 Å². The number of nitrogens with zero attached hydrogens (tertiary/aromatic N) is 3. The number of aromatic nitrogens is 2. The van der Waals surface area contributed by atoms with E-state index in [2.05, 4.69) is 10.4 Å². The molecule has 22 heavy (non-hydrogen) atoms. The number of carbonyl (C=O) groups is 3. The van der Waals surface area contributed by atoms with Gasteiger partial charge in [0.2, 0.25) is 5.91 Å². The first-order chi connectivity index (χ1) is 10.4. The zero-order valence-electron chi connectivity index (χ0n) is 12.7. The molecule has 1 aliphatic heterocycles. The molecule has 8 nitrogen and oxygen atoms in total. The first-order valence-electron chi connectivity index (χ1n) is 7.21. The van der Waals surface area contributed by atoms with Crippen LogP contribution >= 0.6 is 0 Å². The Balaban J connectivity index is 2.02. The summed E-state index contributed by atoms with van der Waals surface area (Å²) in [4.78, 5) is 36.3. The van der Waals surface area contributed by atoms with Crippen LogP contribution in [0.25, 0.3) is 0 Å². The molecular weight excluding hydrogens is 288 g/mol. The van der Waals surface area contributed by atoms with Gasteiger partial charge in [0.25, 0.3) is 5.91 Å². The number of carbonyl (C=O) groups excluding carboxylic acids is 2. The van der Waals surface area contributed by atoms with E-state index in [-0.39, 0.29) is 18.7 Å². The maximum Gasteiger partial charge on any atom is 0.303 e. The summed E-state index contributed by atoms with van der Waals surface area (Å²) >= 11 is 0. The lowest BCUT2D eigenvalue weighted by atomic mass is 10.0. The molecule has 0 bridgehead atoms. The van der Waals surface area contributed by atoms with E-state index in [0.717, 1.165) is 12.1 Å². The van der Waals surface area contributed by atoms with E-state index >= 15 is 0 Å². The van der Waals surface area contributed by atoms with Gasteiger partial charge in [0.05, 0.1) is 12.1 Å². The lowest BCUT2D eigenvalue weighted by Gasteiger charge is -2.32. The van der Waals surface area contributed by atoms with Gasteiger partial charge in [-0.15, -0.1) is 0 Å². The van der Waals surface area contributed by atoms with E-state index in [0.29, 0.717) is 18.8 Å². The van der Waals surface area contributed by atoms with Crippen molar-refractivity contribution in [3.8, 4) is 0 Å². The number of aliphatic carboxylic acids is 1. The van der Waals surface area contributed by atoms with E-state index in [1.807, 2.05) is 13.0 Å². The topological polar surface area (TPSA) is 105 Å². The molecule has 2 N–H and O–H groups in total. The number of carboxylic acid groups (broad SMARTS) is 1. The molecule has 120 valence electrons. The molecule has 0 aromatic carbocycles. The molecule has 1 aromatic heterocycles. The van der Waals surface area contributed by atoms with E-state index in [4.69, 9.17) is 5.11 Å². The summed E-state index contributed by atoms with van der Waals surface area (Å²) in [5.74, 6) is -0.925. The van der Waals surface area contributed by atoms with Crippen molar-refractivity contribution in [2.45, 2.75) is 38.6 Å². The summed E-state index contributed by atoms with van der Waals surface area (Å²) in [5.41, 5.74) is 0.818. The predicted molar refractivity (Wildman–Crippen MR) is 78.3 cm³/mol. The number of hydrogen-bond acceptors (Lipinski definition) is 4. The molecule has 8 heteroatoms. The zero-order valence-corrected chi connectivity index (χ0v) is 12.7. The number of rotatable bonds is 5. The van der Waals surface area contributed by atoms with Gasteiger partial charge in [0, 0.05) is 26.1 Å². The molecule has 0 spiro atoms. The van der Waals surface area contributed by atoms with Gasteiger partial charge in [-0.3, -0.25) is 24.0 Å². The molecule has 0 saturated carbocycles. The molecule has 1 aliphatic rings. The molecule has 1 unspecified atom stereocenters. The number of piperidine rings is 1. The van der Waals surface area contributed by atoms with Crippen LogP contribution in [0.2, 0.25) is 0 Å². The van der Waals surface area contributed by atoms with Gasteiger partial charge in [-0.2, -0.15) is 5.10 Å². The quantitative estimate of drug-likeness (QED) is 0.809. The Bertz CT molecular complexity index is 596. The fourth-order valence-corrected chi connectivity index (χ4v) is 2.57. The summed E-state index contributed by atoms with van der Waals surface area (Å²) in [6.07, 6.45) is 0.964. The Morgan fingerprint density at radius 2 is 2.18 bits per heavy atom. The summed E-state index contributed by atoms with van der Waals surface area (Å²) in [6.45, 7) is 2.43. The molecule has 2 rings (SSSR count). The third-order valence-corrected chi connectivity index (χ3v) is 3.59. The van der Waals surface area contributed by atoms with E-state index in [1.54, 1.807) is 16.6 Å². The van der Waals surface area contributed by atoms with Crippen LogP contribution in [-0.4, -0.2) is 45.3 Å². The van der Waals surface area contributed by atoms with Gasteiger partial charge in [-0.25, -0.2) is 0 Å². The number of nitrogens with one attached hydrogen (secondary N) is 1. The Morgan fingerprint density at radius 3 is 2.77 bits per heavy atom. The monoisotopic (exact) mass is 308 g/mol. The standard InChI is InChI=1S/C14H20N4O4/c1-9-8-12(17(2)16-9)18-7-3-4-10(14(18)22)15-11(19)5-6-13(20)21/h8,10H,3-7H2,1-2H3,(H,15,19)(H,20,21). The molecule has 2 heterocycles. The molecule has 1 aromatic rings. The van der Waals surface area contributed by atoms with Crippen LogP contribution in [0.1, 0.15) is 31.4 Å². The fraction of sp³-hybridized carbons (Fsp3) is 0.571. The number of amides is 2. The van der Waals surface area contributed by atoms with Gasteiger partial charge in [-0.05, 0) is 19.8 Å². The highest BCUT2D eigenvalue weighted by Gasteiger charge is 2.32. The summed E-state index contributed by atoms with van der Waals surface area (Å²) in [5, 5.41) is 15.4. The third kappa shape index (κ3) is 3.63. The van der Waals surface area contributed by atoms with E-state index in [9.17, 15) is 14.4 Å². The van der Waals surface area contributed by atoms with Crippen LogP contribution in [0.5, 0.6) is 0 Å². The molecule has 2 amide bonds. The third-order valence-electron chi connectivity index (χ3n) is 3.59. The minimum atomic E-state index is -1.03. The smallest absolute Gasteiger partial charge is 0.303 e. The molecular formula is C14H20N4O4. The van der Waals surface area contributed by atoms with Crippen LogP contribution in [0, 0.1) is 6.92 Å². The normalized spacial score (nSPS) is 18.4. The van der Waals surface area contributed by atoms with Crippen LogP contribution in [0.15, 0.2) is 6.07 Å². The highest BCUT2D eigenvalue weighted by Crippen LogP contribution is 2.21. The highest BCUT2D eigenvalue weighted by atomic mass is 16.4. The van der Waals surface area contributed by atoms with Crippen molar-refractivity contribution in [1.29, 1.82) is 0 Å². The van der Waals surface area contributed by atoms with Crippen molar-refractivity contribution in [1.82, 2.24) is 15.1 Å². The first kappa shape index (κ1) is 16.0. The van der Waals surface area contributed by atoms with Gasteiger partial charge >= 0.3 is 5.97 Å². The van der Waals surface area contributed by atoms with E-state index in [1.165, 1.54) is 0 Å². The maximum atomic E-state index is 12.5. The number of carboxylic acids is 1. The van der Waals surface area contributed by atoms with Crippen molar-refractivity contribution in [3.05, 3.63) is 11.8 Å². The van der Waals surface area contributed by atoms with Crippen LogP contribution < -0.4 is 10.2 Å². The predicted octanol–water partition coefficient (Wildman–Crippen LogP) is 0.205. The SMILES string of the molecule is Cc1cc(N2CCCC(NC(=O)CCC(=O)O)C2=O)n(C)n1. The second-order valence-electron chi connectivity index (χ2n) is 5.41. The van der Waals surface area contributed by atoms with Gasteiger partial charge < -0.3 is 10.4 Å². The average Bonchev–Trinajstić information content (AvgIpc) is 2.78.